The molecule has 1 atom stereocenters. The Morgan fingerprint density at radius 2 is 1.88 bits per heavy atom. The molecular weight excluding hydrogens is 431 g/mol. The van der Waals surface area contributed by atoms with E-state index >= 15 is 0 Å². The molecule has 2 aliphatic heterocycles. The zero-order valence-electron chi connectivity index (χ0n) is 17.3. The Morgan fingerprint density at radius 3 is 2.44 bits per heavy atom. The fraction of sp³-hybridized carbons (Fsp3) is 0.500. The highest BCUT2D eigenvalue weighted by Crippen LogP contribution is 2.32. The summed E-state index contributed by atoms with van der Waals surface area (Å²) in [6.07, 6.45) is -2.98. The van der Waals surface area contributed by atoms with Crippen molar-refractivity contribution in [3.63, 3.8) is 0 Å². The summed E-state index contributed by atoms with van der Waals surface area (Å²) >= 11 is 0. The number of imidazole rings is 1. The van der Waals surface area contributed by atoms with Gasteiger partial charge in [-0.25, -0.2) is 0 Å². The van der Waals surface area contributed by atoms with Crippen LogP contribution in [-0.2, 0) is 23.9 Å². The number of carbonyl (C=O) groups is 1. The molecule has 1 amide bonds. The molecule has 2 aliphatic rings. The predicted molar refractivity (Wildman–Crippen MR) is 106 cm³/mol. The van der Waals surface area contributed by atoms with E-state index in [1.165, 1.54) is 18.3 Å². The van der Waals surface area contributed by atoms with Crippen molar-refractivity contribution in [3.8, 4) is 6.01 Å². The largest absolute Gasteiger partial charge is 0.436 e. The molecule has 9 nitrogen and oxygen atoms in total. The van der Waals surface area contributed by atoms with Crippen molar-refractivity contribution in [1.82, 2.24) is 19.4 Å². The average Bonchev–Trinajstić information content (AvgIpc) is 3.23. The van der Waals surface area contributed by atoms with E-state index in [0.717, 1.165) is 12.1 Å². The van der Waals surface area contributed by atoms with E-state index in [1.54, 1.807) is 9.47 Å². The lowest BCUT2D eigenvalue weighted by molar-refractivity contribution is -0.389. The van der Waals surface area contributed by atoms with Gasteiger partial charge >= 0.3 is 18.0 Å². The van der Waals surface area contributed by atoms with Crippen LogP contribution in [0.15, 0.2) is 30.5 Å². The number of piperazine rings is 1. The molecule has 1 aromatic carbocycles. The maximum Gasteiger partial charge on any atom is 0.416 e. The summed E-state index contributed by atoms with van der Waals surface area (Å²) < 4.78 is 45.5. The maximum atomic E-state index is 12.7. The number of amides is 1. The van der Waals surface area contributed by atoms with Gasteiger partial charge in [0.25, 0.3) is 0 Å². The van der Waals surface area contributed by atoms with Crippen molar-refractivity contribution in [2.24, 2.45) is 0 Å². The first kappa shape index (κ1) is 22.1. The van der Waals surface area contributed by atoms with Crippen molar-refractivity contribution in [3.05, 3.63) is 51.7 Å². The van der Waals surface area contributed by atoms with Crippen LogP contribution in [0, 0.1) is 10.1 Å². The van der Waals surface area contributed by atoms with Gasteiger partial charge in [0.05, 0.1) is 18.5 Å². The van der Waals surface area contributed by atoms with Crippen LogP contribution >= 0.6 is 0 Å². The zero-order valence-corrected chi connectivity index (χ0v) is 17.3. The lowest BCUT2D eigenvalue weighted by Crippen LogP contribution is -2.54. The van der Waals surface area contributed by atoms with Gasteiger partial charge in [0.2, 0.25) is 5.91 Å². The highest BCUT2D eigenvalue weighted by molar-refractivity contribution is 5.78. The van der Waals surface area contributed by atoms with Gasteiger partial charge in [-0.1, -0.05) is 12.1 Å². The number of ether oxygens (including phenoxy) is 1. The summed E-state index contributed by atoms with van der Waals surface area (Å²) in [4.78, 5) is 30.6. The number of nitro groups is 1. The van der Waals surface area contributed by atoms with Crippen LogP contribution in [0.1, 0.15) is 18.1 Å². The third-order valence-electron chi connectivity index (χ3n) is 5.68. The monoisotopic (exact) mass is 453 g/mol. The minimum atomic E-state index is -4.40. The Bertz CT molecular complexity index is 990. The molecule has 0 spiro atoms. The summed E-state index contributed by atoms with van der Waals surface area (Å²) in [7, 11) is 0. The minimum absolute atomic E-state index is 0.0544. The van der Waals surface area contributed by atoms with Gasteiger partial charge in [-0.15, -0.1) is 0 Å². The van der Waals surface area contributed by atoms with Gasteiger partial charge in [-0.05, 0) is 29.5 Å². The maximum absolute atomic E-state index is 12.7. The number of aromatic nitrogens is 2. The molecular formula is C20H22F3N5O4. The summed E-state index contributed by atoms with van der Waals surface area (Å²) in [5.41, 5.74) is -0.772. The van der Waals surface area contributed by atoms with Crippen molar-refractivity contribution in [1.29, 1.82) is 0 Å². The number of rotatable bonds is 5. The molecule has 0 bridgehead atoms. The third-order valence-corrected chi connectivity index (χ3v) is 5.68. The Labute approximate surface area is 181 Å². The Hall–Kier alpha value is -3.15. The van der Waals surface area contributed by atoms with Gasteiger partial charge < -0.3 is 19.8 Å². The zero-order chi connectivity index (χ0) is 23.1. The lowest BCUT2D eigenvalue weighted by Gasteiger charge is -2.38. The number of carbonyl (C=O) groups excluding carboxylic acids is 1. The quantitative estimate of drug-likeness (QED) is 0.510. The predicted octanol–water partition coefficient (Wildman–Crippen LogP) is 2.35. The van der Waals surface area contributed by atoms with Gasteiger partial charge in [-0.3, -0.25) is 14.3 Å². The van der Waals surface area contributed by atoms with Gasteiger partial charge in [0, 0.05) is 37.7 Å². The topological polar surface area (TPSA) is 93.7 Å². The molecule has 1 aromatic heterocycles. The first-order valence-corrected chi connectivity index (χ1v) is 10.1. The molecule has 0 N–H and O–H groups in total. The first-order chi connectivity index (χ1) is 15.0. The molecule has 4 rings (SSSR count). The van der Waals surface area contributed by atoms with Crippen LogP contribution in [0.4, 0.5) is 19.0 Å². The van der Waals surface area contributed by atoms with Gasteiger partial charge in [0.1, 0.15) is 11.8 Å². The lowest BCUT2D eigenvalue weighted by atomic mass is 10.1. The van der Waals surface area contributed by atoms with E-state index in [4.69, 9.17) is 4.74 Å². The first-order valence-electron chi connectivity index (χ1n) is 10.1. The fourth-order valence-corrected chi connectivity index (χ4v) is 4.09. The van der Waals surface area contributed by atoms with E-state index in [0.29, 0.717) is 44.8 Å². The molecule has 12 heteroatoms. The molecule has 172 valence electrons. The normalized spacial score (nSPS) is 21.3. The van der Waals surface area contributed by atoms with Gasteiger partial charge in [0.15, 0.2) is 0 Å². The van der Waals surface area contributed by atoms with Crippen molar-refractivity contribution < 1.29 is 27.6 Å². The minimum Gasteiger partial charge on any atom is -0.436 e. The second-order valence-corrected chi connectivity index (χ2v) is 8.35. The van der Waals surface area contributed by atoms with Crippen LogP contribution in [0.5, 0.6) is 6.01 Å². The molecule has 0 aliphatic carbocycles. The molecule has 0 saturated carbocycles. The second kappa shape index (κ2) is 8.08. The molecule has 1 saturated heterocycles. The van der Waals surface area contributed by atoms with Crippen LogP contribution in [0.2, 0.25) is 0 Å². The Morgan fingerprint density at radius 1 is 1.22 bits per heavy atom. The number of halogens is 3. The molecule has 3 heterocycles. The molecule has 2 aromatic rings. The number of benzene rings is 1. The molecule has 32 heavy (non-hydrogen) atoms. The highest BCUT2D eigenvalue weighted by atomic mass is 19.4. The van der Waals surface area contributed by atoms with Crippen molar-refractivity contribution in [2.45, 2.75) is 31.7 Å². The smallest absolute Gasteiger partial charge is 0.416 e. The number of fused-ring (bicyclic) bond motifs is 1. The van der Waals surface area contributed by atoms with Crippen LogP contribution < -0.4 is 4.74 Å². The summed E-state index contributed by atoms with van der Waals surface area (Å²) in [6, 6.07) is 4.88. The van der Waals surface area contributed by atoms with Gasteiger partial charge in [-0.2, -0.15) is 13.2 Å². The highest BCUT2D eigenvalue weighted by Gasteiger charge is 2.42. The SMILES string of the molecule is CC1(CN2CCN(C(=O)Cc3ccc(C(F)(F)F)cc3)CC2)Cn2cc([N+](=O)[O-])nc2O1. The number of nitrogens with zero attached hydrogens (tertiary/aromatic N) is 5. The Balaban J connectivity index is 1.26. The third kappa shape index (κ3) is 4.69. The number of hydrogen-bond acceptors (Lipinski definition) is 6. The summed E-state index contributed by atoms with van der Waals surface area (Å²) in [6.45, 7) is 5.19. The Kier molecular flexibility index (Phi) is 5.57. The second-order valence-electron chi connectivity index (χ2n) is 8.35. The standard InChI is InChI=1S/C20H22F3N5O4/c1-19(13-27-11-16(28(30)31)24-18(27)32-19)12-25-6-8-26(9-7-25)17(29)10-14-2-4-15(5-3-14)20(21,22)23/h2-5,11H,6-10,12-13H2,1H3. The van der Waals surface area contributed by atoms with E-state index in [9.17, 15) is 28.1 Å². The molecule has 1 fully saturated rings. The summed E-state index contributed by atoms with van der Waals surface area (Å²) in [5.74, 6) is -0.373. The van der Waals surface area contributed by atoms with E-state index in [1.807, 2.05) is 6.92 Å². The van der Waals surface area contributed by atoms with Crippen LogP contribution in [0.3, 0.4) is 0 Å². The van der Waals surface area contributed by atoms with Crippen molar-refractivity contribution >= 4 is 11.7 Å². The van der Waals surface area contributed by atoms with E-state index < -0.39 is 22.3 Å². The van der Waals surface area contributed by atoms with Crippen LogP contribution in [0.25, 0.3) is 0 Å². The number of hydrogen-bond donors (Lipinski definition) is 0. The van der Waals surface area contributed by atoms with Crippen LogP contribution in [-0.4, -0.2) is 68.5 Å². The molecule has 1 unspecified atom stereocenters. The molecule has 0 radical (unpaired) electrons. The number of alkyl halides is 3. The average molecular weight is 453 g/mol. The summed E-state index contributed by atoms with van der Waals surface area (Å²) in [5, 5.41) is 10.8. The fourth-order valence-electron chi connectivity index (χ4n) is 4.09. The van der Waals surface area contributed by atoms with E-state index in [-0.39, 0.29) is 24.2 Å². The van der Waals surface area contributed by atoms with Crippen molar-refractivity contribution in [2.75, 3.05) is 32.7 Å². The van der Waals surface area contributed by atoms with E-state index in [2.05, 4.69) is 9.88 Å².